The molecule has 0 spiro atoms. The zero-order valence-electron chi connectivity index (χ0n) is 16.1. The van der Waals surface area contributed by atoms with Crippen LogP contribution in [-0.4, -0.2) is 24.3 Å². The molecule has 1 aromatic carbocycles. The van der Waals surface area contributed by atoms with Gasteiger partial charge in [0.2, 0.25) is 0 Å². The summed E-state index contributed by atoms with van der Waals surface area (Å²) < 4.78 is 4.89. The van der Waals surface area contributed by atoms with Crippen molar-refractivity contribution in [3.8, 4) is 6.07 Å². The third-order valence-corrected chi connectivity index (χ3v) is 4.86. The first-order valence-corrected chi connectivity index (χ1v) is 9.65. The van der Waals surface area contributed by atoms with Gasteiger partial charge in [-0.15, -0.1) is 11.3 Å². The van der Waals surface area contributed by atoms with E-state index < -0.39 is 18.5 Å². The number of Topliss-reactive ketones (excluding diaryl/α,β-unsaturated/α-hetero) is 1. The summed E-state index contributed by atoms with van der Waals surface area (Å²) in [7, 11) is 0. The van der Waals surface area contributed by atoms with Crippen LogP contribution in [0.2, 0.25) is 0 Å². The third-order valence-electron chi connectivity index (χ3n) is 4.03. The number of nitrogens with zero attached hydrogens (tertiary/aromatic N) is 1. The van der Waals surface area contributed by atoms with Gasteiger partial charge in [-0.2, -0.15) is 5.26 Å². The molecule has 28 heavy (non-hydrogen) atoms. The number of hydrogen-bond donors (Lipinski definition) is 1. The lowest BCUT2D eigenvalue weighted by atomic mass is 9.86. The van der Waals surface area contributed by atoms with E-state index in [2.05, 4.69) is 26.1 Å². The lowest BCUT2D eigenvalue weighted by Crippen LogP contribution is -2.21. The Bertz CT molecular complexity index is 902. The molecule has 1 amide bonds. The summed E-state index contributed by atoms with van der Waals surface area (Å²) in [6.45, 7) is 5.82. The van der Waals surface area contributed by atoms with Crippen LogP contribution in [0.25, 0.3) is 0 Å². The van der Waals surface area contributed by atoms with E-state index in [1.807, 2.05) is 18.2 Å². The van der Waals surface area contributed by atoms with Crippen LogP contribution in [-0.2, 0) is 19.7 Å². The Balaban J connectivity index is 1.76. The van der Waals surface area contributed by atoms with Crippen LogP contribution in [0.5, 0.6) is 0 Å². The van der Waals surface area contributed by atoms with E-state index in [1.54, 1.807) is 23.6 Å². The number of ketones is 1. The maximum absolute atomic E-state index is 12.2. The quantitative estimate of drug-likeness (QED) is 0.560. The van der Waals surface area contributed by atoms with Crippen LogP contribution in [0.4, 0.5) is 5.00 Å². The molecule has 0 aliphatic heterocycles. The van der Waals surface area contributed by atoms with Gasteiger partial charge >= 0.3 is 5.97 Å². The van der Waals surface area contributed by atoms with E-state index >= 15 is 0 Å². The smallest absolute Gasteiger partial charge is 0.306 e. The number of nitrogens with one attached hydrogen (secondary N) is 1. The molecule has 0 bridgehead atoms. The number of nitriles is 1. The van der Waals surface area contributed by atoms with E-state index in [0.717, 1.165) is 5.56 Å². The maximum atomic E-state index is 12.2. The Labute approximate surface area is 168 Å². The summed E-state index contributed by atoms with van der Waals surface area (Å²) in [5.41, 5.74) is 2.02. The molecule has 7 heteroatoms. The summed E-state index contributed by atoms with van der Waals surface area (Å²) in [5, 5.41) is 13.5. The summed E-state index contributed by atoms with van der Waals surface area (Å²) in [4.78, 5) is 35.8. The fourth-order valence-electron chi connectivity index (χ4n) is 2.39. The number of hydrogen-bond acceptors (Lipinski definition) is 6. The molecule has 0 aliphatic rings. The fraction of sp³-hybridized carbons (Fsp3) is 0.333. The summed E-state index contributed by atoms with van der Waals surface area (Å²) >= 11 is 1.21. The lowest BCUT2D eigenvalue weighted by molar-refractivity contribution is -0.147. The van der Waals surface area contributed by atoms with Crippen molar-refractivity contribution in [3.05, 3.63) is 52.4 Å². The van der Waals surface area contributed by atoms with Gasteiger partial charge in [0, 0.05) is 12.0 Å². The Hall–Kier alpha value is -2.98. The van der Waals surface area contributed by atoms with Crippen molar-refractivity contribution in [1.29, 1.82) is 5.26 Å². The van der Waals surface area contributed by atoms with Crippen molar-refractivity contribution in [2.24, 2.45) is 0 Å². The highest BCUT2D eigenvalue weighted by atomic mass is 32.1. The molecule has 146 valence electrons. The molecule has 0 unspecified atom stereocenters. The maximum Gasteiger partial charge on any atom is 0.306 e. The minimum absolute atomic E-state index is 0.00305. The van der Waals surface area contributed by atoms with Crippen molar-refractivity contribution < 1.29 is 19.1 Å². The highest BCUT2D eigenvalue weighted by Gasteiger charge is 2.16. The number of rotatable bonds is 7. The van der Waals surface area contributed by atoms with Gasteiger partial charge in [0.15, 0.2) is 12.4 Å². The van der Waals surface area contributed by atoms with E-state index in [9.17, 15) is 14.4 Å². The molecule has 6 nitrogen and oxygen atoms in total. The predicted octanol–water partition coefficient (Wildman–Crippen LogP) is 4.06. The van der Waals surface area contributed by atoms with Gasteiger partial charge in [0.25, 0.3) is 5.91 Å². The first kappa shape index (κ1) is 21.3. The molecule has 1 aromatic heterocycles. The van der Waals surface area contributed by atoms with Gasteiger partial charge in [-0.3, -0.25) is 14.4 Å². The molecule has 0 atom stereocenters. The van der Waals surface area contributed by atoms with E-state index in [1.165, 1.54) is 11.3 Å². The Morgan fingerprint density at radius 2 is 1.79 bits per heavy atom. The number of amides is 1. The highest BCUT2D eigenvalue weighted by molar-refractivity contribution is 7.14. The molecule has 1 heterocycles. The number of thiophene rings is 1. The van der Waals surface area contributed by atoms with Crippen molar-refractivity contribution in [1.82, 2.24) is 0 Å². The molecule has 2 rings (SSSR count). The van der Waals surface area contributed by atoms with Gasteiger partial charge in [-0.25, -0.2) is 0 Å². The summed E-state index contributed by atoms with van der Waals surface area (Å²) in [5.74, 6) is -1.31. The van der Waals surface area contributed by atoms with E-state index in [4.69, 9.17) is 10.00 Å². The van der Waals surface area contributed by atoms with Gasteiger partial charge in [0.1, 0.15) is 11.1 Å². The van der Waals surface area contributed by atoms with Crippen LogP contribution in [0.3, 0.4) is 0 Å². The molecule has 1 N–H and O–H groups in total. The summed E-state index contributed by atoms with van der Waals surface area (Å²) in [6, 6.07) is 10.9. The molecule has 0 aliphatic carbocycles. The summed E-state index contributed by atoms with van der Waals surface area (Å²) in [6.07, 6.45) is -0.0889. The van der Waals surface area contributed by atoms with E-state index in [0.29, 0.717) is 16.1 Å². The lowest BCUT2D eigenvalue weighted by Gasteiger charge is -2.18. The fourth-order valence-corrected chi connectivity index (χ4v) is 3.14. The van der Waals surface area contributed by atoms with Crippen LogP contribution >= 0.6 is 11.3 Å². The van der Waals surface area contributed by atoms with Crippen molar-refractivity contribution in [3.63, 3.8) is 0 Å². The Kier molecular flexibility index (Phi) is 7.07. The second kappa shape index (κ2) is 9.29. The average Bonchev–Trinajstić information content (AvgIpc) is 3.10. The van der Waals surface area contributed by atoms with Crippen molar-refractivity contribution >= 4 is 34.0 Å². The minimum atomic E-state index is -0.624. The molecular weight excluding hydrogens is 376 g/mol. The number of esters is 1. The van der Waals surface area contributed by atoms with Crippen LogP contribution in [0, 0.1) is 11.3 Å². The number of carbonyl (C=O) groups is 3. The Morgan fingerprint density at radius 1 is 1.11 bits per heavy atom. The number of anilines is 1. The second-order valence-corrected chi connectivity index (χ2v) is 8.15. The predicted molar refractivity (Wildman–Crippen MR) is 107 cm³/mol. The molecule has 0 radical (unpaired) electrons. The molecule has 0 saturated carbocycles. The van der Waals surface area contributed by atoms with E-state index in [-0.39, 0.29) is 24.0 Å². The highest BCUT2D eigenvalue weighted by Crippen LogP contribution is 2.23. The van der Waals surface area contributed by atoms with Crippen molar-refractivity contribution in [2.75, 3.05) is 11.9 Å². The van der Waals surface area contributed by atoms with Crippen LogP contribution < -0.4 is 5.32 Å². The van der Waals surface area contributed by atoms with Gasteiger partial charge in [0.05, 0.1) is 12.0 Å². The van der Waals surface area contributed by atoms with Crippen LogP contribution in [0.15, 0.2) is 35.7 Å². The van der Waals surface area contributed by atoms with Gasteiger partial charge in [-0.1, -0.05) is 45.0 Å². The van der Waals surface area contributed by atoms with Crippen molar-refractivity contribution in [2.45, 2.75) is 39.0 Å². The molecule has 2 aromatic rings. The Morgan fingerprint density at radius 3 is 2.39 bits per heavy atom. The van der Waals surface area contributed by atoms with Crippen LogP contribution in [0.1, 0.15) is 55.1 Å². The number of ether oxygens (including phenoxy) is 1. The zero-order valence-corrected chi connectivity index (χ0v) is 16.9. The minimum Gasteiger partial charge on any atom is -0.456 e. The molecule has 0 saturated heterocycles. The molecular formula is C21H22N2O4S. The normalized spacial score (nSPS) is 10.8. The SMILES string of the molecule is CC(C)(C)c1ccc(C(=O)CCC(=O)OCC(=O)Nc2sccc2C#N)cc1. The third kappa shape index (κ3) is 6.03. The largest absolute Gasteiger partial charge is 0.456 e. The number of carbonyl (C=O) groups excluding carboxylic acids is 3. The standard InChI is InChI=1S/C21H22N2O4S/c1-21(2,3)16-6-4-14(5-7-16)17(24)8-9-19(26)27-13-18(25)23-20-15(12-22)10-11-28-20/h4-7,10-11H,8-9,13H2,1-3H3,(H,23,25). The monoisotopic (exact) mass is 398 g/mol. The first-order valence-electron chi connectivity index (χ1n) is 8.77. The average molecular weight is 398 g/mol. The second-order valence-electron chi connectivity index (χ2n) is 7.23. The van der Waals surface area contributed by atoms with Gasteiger partial charge < -0.3 is 10.1 Å². The topological polar surface area (TPSA) is 96.3 Å². The number of benzene rings is 1. The molecule has 0 fully saturated rings. The zero-order chi connectivity index (χ0) is 20.7. The first-order chi connectivity index (χ1) is 13.2. The van der Waals surface area contributed by atoms with Gasteiger partial charge in [-0.05, 0) is 22.4 Å².